The largest absolute Gasteiger partial charge is 0.465 e. The van der Waals surface area contributed by atoms with Crippen molar-refractivity contribution < 1.29 is 14.3 Å². The van der Waals surface area contributed by atoms with Crippen LogP contribution in [0.3, 0.4) is 0 Å². The number of para-hydroxylation sites is 2. The van der Waals surface area contributed by atoms with Crippen LogP contribution in [0.2, 0.25) is 0 Å². The fraction of sp³-hybridized carbons (Fsp3) is 0.0435. The van der Waals surface area contributed by atoms with Crippen molar-refractivity contribution in [1.29, 1.82) is 0 Å². The fourth-order valence-electron chi connectivity index (χ4n) is 3.18. The second-order valence-corrected chi connectivity index (χ2v) is 6.28. The fourth-order valence-corrected chi connectivity index (χ4v) is 3.18. The number of anilines is 1. The van der Waals surface area contributed by atoms with Crippen LogP contribution in [0.15, 0.2) is 79.1 Å². The summed E-state index contributed by atoms with van der Waals surface area (Å²) in [6, 6.07) is 21.6. The topological polar surface area (TPSA) is 81.2 Å². The van der Waals surface area contributed by atoms with Gasteiger partial charge in [0.2, 0.25) is 0 Å². The number of hydrogen-bond acceptors (Lipinski definition) is 5. The summed E-state index contributed by atoms with van der Waals surface area (Å²) in [6.45, 7) is 0. The maximum Gasteiger partial charge on any atom is 0.339 e. The summed E-state index contributed by atoms with van der Waals surface area (Å²) >= 11 is 0. The van der Waals surface area contributed by atoms with Crippen LogP contribution in [0, 0.1) is 0 Å². The number of carbonyl (C=O) groups is 2. The summed E-state index contributed by atoms with van der Waals surface area (Å²) in [7, 11) is 1.30. The number of nitrogens with zero attached hydrogens (tertiary/aromatic N) is 2. The molecule has 0 fully saturated rings. The zero-order valence-corrected chi connectivity index (χ0v) is 15.6. The van der Waals surface area contributed by atoms with Crippen molar-refractivity contribution >= 4 is 28.5 Å². The number of fused-ring (bicyclic) bond motifs is 1. The number of ether oxygens (including phenoxy) is 1. The van der Waals surface area contributed by atoms with Crippen LogP contribution in [-0.4, -0.2) is 29.0 Å². The molecule has 4 rings (SSSR count). The molecular weight excluding hydrogens is 366 g/mol. The highest BCUT2D eigenvalue weighted by Gasteiger charge is 2.18. The van der Waals surface area contributed by atoms with Gasteiger partial charge in [-0.3, -0.25) is 4.79 Å². The minimum Gasteiger partial charge on any atom is -0.465 e. The predicted octanol–water partition coefficient (Wildman–Crippen LogP) is 4.34. The van der Waals surface area contributed by atoms with E-state index in [0.717, 1.165) is 10.9 Å². The van der Waals surface area contributed by atoms with Gasteiger partial charge in [-0.2, -0.15) is 0 Å². The number of rotatable bonds is 4. The third kappa shape index (κ3) is 3.55. The van der Waals surface area contributed by atoms with Crippen molar-refractivity contribution in [1.82, 2.24) is 9.97 Å². The van der Waals surface area contributed by atoms with Gasteiger partial charge >= 0.3 is 5.97 Å². The van der Waals surface area contributed by atoms with Gasteiger partial charge in [0, 0.05) is 16.5 Å². The molecule has 4 aromatic rings. The van der Waals surface area contributed by atoms with E-state index in [-0.39, 0.29) is 11.5 Å². The molecule has 1 amide bonds. The second-order valence-electron chi connectivity index (χ2n) is 6.28. The van der Waals surface area contributed by atoms with Gasteiger partial charge in [0.15, 0.2) is 0 Å². The quantitative estimate of drug-likeness (QED) is 0.530. The highest BCUT2D eigenvalue weighted by molar-refractivity contribution is 6.12. The normalized spacial score (nSPS) is 10.5. The smallest absolute Gasteiger partial charge is 0.339 e. The molecule has 3 aromatic carbocycles. The summed E-state index contributed by atoms with van der Waals surface area (Å²) in [5.74, 6) is -0.865. The van der Waals surface area contributed by atoms with Crippen LogP contribution in [0.4, 0.5) is 5.69 Å². The van der Waals surface area contributed by atoms with Crippen LogP contribution in [-0.2, 0) is 4.74 Å². The van der Waals surface area contributed by atoms with Gasteiger partial charge in [-0.1, -0.05) is 48.5 Å². The van der Waals surface area contributed by atoms with Gasteiger partial charge in [-0.05, 0) is 24.3 Å². The molecule has 1 heterocycles. The van der Waals surface area contributed by atoms with Crippen LogP contribution >= 0.6 is 0 Å². The Morgan fingerprint density at radius 1 is 0.828 bits per heavy atom. The average Bonchev–Trinajstić information content (AvgIpc) is 2.78. The van der Waals surface area contributed by atoms with Gasteiger partial charge in [0.25, 0.3) is 5.91 Å². The van der Waals surface area contributed by atoms with E-state index in [9.17, 15) is 9.59 Å². The SMILES string of the molecule is COC(=O)c1ccccc1NC(=O)c1ccccc1-c1ncnc2ccccc12. The third-order valence-electron chi connectivity index (χ3n) is 4.55. The van der Waals surface area contributed by atoms with Crippen LogP contribution in [0.25, 0.3) is 22.2 Å². The van der Waals surface area contributed by atoms with Gasteiger partial charge in [-0.15, -0.1) is 0 Å². The van der Waals surface area contributed by atoms with E-state index in [2.05, 4.69) is 15.3 Å². The molecule has 0 radical (unpaired) electrons. The number of nitrogens with one attached hydrogen (secondary N) is 1. The molecule has 1 N–H and O–H groups in total. The highest BCUT2D eigenvalue weighted by Crippen LogP contribution is 2.29. The standard InChI is InChI=1S/C23H17N3O3/c1-29-23(28)18-11-5-7-13-20(18)26-22(27)16-9-3-2-8-15(16)21-17-10-4-6-12-19(17)24-14-25-21/h2-14H,1H3,(H,26,27). The number of methoxy groups -OCH3 is 1. The molecule has 6 nitrogen and oxygen atoms in total. The average molecular weight is 383 g/mol. The van der Waals surface area contributed by atoms with Gasteiger partial charge < -0.3 is 10.1 Å². The summed E-state index contributed by atoms with van der Waals surface area (Å²) in [5, 5.41) is 3.67. The minimum atomic E-state index is -0.518. The molecule has 0 aliphatic rings. The number of benzene rings is 3. The van der Waals surface area contributed by atoms with E-state index >= 15 is 0 Å². The Morgan fingerprint density at radius 2 is 1.52 bits per heavy atom. The van der Waals surface area contributed by atoms with Crippen molar-refractivity contribution in [2.45, 2.75) is 0 Å². The number of esters is 1. The van der Waals surface area contributed by atoms with E-state index in [1.54, 1.807) is 36.4 Å². The van der Waals surface area contributed by atoms with Crippen molar-refractivity contribution in [2.24, 2.45) is 0 Å². The van der Waals surface area contributed by atoms with E-state index in [4.69, 9.17) is 4.74 Å². The van der Waals surface area contributed by atoms with Crippen molar-refractivity contribution in [2.75, 3.05) is 12.4 Å². The monoisotopic (exact) mass is 383 g/mol. The molecule has 0 unspecified atom stereocenters. The molecule has 0 saturated carbocycles. The Balaban J connectivity index is 1.77. The van der Waals surface area contributed by atoms with Gasteiger partial charge in [0.05, 0.1) is 29.6 Å². The first kappa shape index (κ1) is 18.3. The van der Waals surface area contributed by atoms with Crippen LogP contribution in [0.5, 0.6) is 0 Å². The number of hydrogen-bond donors (Lipinski definition) is 1. The Labute approximate surface area is 167 Å². The Bertz CT molecular complexity index is 1220. The lowest BCUT2D eigenvalue weighted by molar-refractivity contribution is 0.0602. The number of aromatic nitrogens is 2. The Kier molecular flexibility index (Phi) is 4.99. The van der Waals surface area contributed by atoms with Crippen molar-refractivity contribution in [3.8, 4) is 11.3 Å². The molecule has 0 aliphatic heterocycles. The third-order valence-corrected chi connectivity index (χ3v) is 4.55. The maximum atomic E-state index is 13.1. The first-order valence-electron chi connectivity index (χ1n) is 8.97. The van der Waals surface area contributed by atoms with Crippen LogP contribution < -0.4 is 5.32 Å². The van der Waals surface area contributed by atoms with E-state index in [1.807, 2.05) is 36.4 Å². The zero-order valence-electron chi connectivity index (χ0n) is 15.6. The van der Waals surface area contributed by atoms with Gasteiger partial charge in [-0.25, -0.2) is 14.8 Å². The molecule has 0 saturated heterocycles. The highest BCUT2D eigenvalue weighted by atomic mass is 16.5. The molecule has 1 aromatic heterocycles. The Morgan fingerprint density at radius 3 is 2.34 bits per heavy atom. The zero-order chi connectivity index (χ0) is 20.2. The predicted molar refractivity (Wildman–Crippen MR) is 111 cm³/mol. The molecule has 0 spiro atoms. The second kappa shape index (κ2) is 7.90. The molecule has 0 bridgehead atoms. The first-order valence-corrected chi connectivity index (χ1v) is 8.97. The van der Waals surface area contributed by atoms with E-state index in [1.165, 1.54) is 13.4 Å². The number of amides is 1. The summed E-state index contributed by atoms with van der Waals surface area (Å²) < 4.78 is 4.80. The first-order chi connectivity index (χ1) is 14.2. The minimum absolute atomic E-state index is 0.285. The summed E-state index contributed by atoms with van der Waals surface area (Å²) in [5.41, 5.74) is 3.25. The van der Waals surface area contributed by atoms with Gasteiger partial charge in [0.1, 0.15) is 6.33 Å². The van der Waals surface area contributed by atoms with Crippen molar-refractivity contribution in [3.63, 3.8) is 0 Å². The molecule has 142 valence electrons. The van der Waals surface area contributed by atoms with Crippen LogP contribution in [0.1, 0.15) is 20.7 Å². The van der Waals surface area contributed by atoms with E-state index < -0.39 is 5.97 Å². The number of carbonyl (C=O) groups excluding carboxylic acids is 2. The summed E-state index contributed by atoms with van der Waals surface area (Å²) in [6.07, 6.45) is 1.49. The van der Waals surface area contributed by atoms with E-state index in [0.29, 0.717) is 22.5 Å². The lowest BCUT2D eigenvalue weighted by Crippen LogP contribution is -2.16. The summed E-state index contributed by atoms with van der Waals surface area (Å²) in [4.78, 5) is 33.8. The lowest BCUT2D eigenvalue weighted by atomic mass is 10.00. The molecule has 0 atom stereocenters. The molecule has 6 heteroatoms. The Hall–Kier alpha value is -4.06. The maximum absolute atomic E-state index is 13.1. The molecular formula is C23H17N3O3. The molecule has 0 aliphatic carbocycles. The van der Waals surface area contributed by atoms with Crippen molar-refractivity contribution in [3.05, 3.63) is 90.3 Å². The molecule has 29 heavy (non-hydrogen) atoms. The lowest BCUT2D eigenvalue weighted by Gasteiger charge is -2.13.